The number of hydrogen-bond acceptors (Lipinski definition) is 9. The maximum Gasteiger partial charge on any atom is 0.329 e. The SMILES string of the molecule is CCc1ccc(NC(=O)N[C@@H](Cc2cc(F)cc(F)c2)C(=O)N[C@@H]2C(=O)N3CC=C[C@H]3C(=O)N(C)[C@@H]([C@H](C)O)C(=O)N[C@@H](C)C(=O)N3C[C@H](C)C[C@H]3C(=O)O[C@H]2C)cc1. The van der Waals surface area contributed by atoms with Crippen molar-refractivity contribution in [2.75, 3.05) is 25.5 Å². The lowest BCUT2D eigenvalue weighted by Crippen LogP contribution is -2.63. The summed E-state index contributed by atoms with van der Waals surface area (Å²) in [5, 5.41) is 20.9. The molecule has 0 spiro atoms. The number of aryl methyl sites for hydroxylation is 1. The van der Waals surface area contributed by atoms with E-state index in [1.807, 2.05) is 13.8 Å². The van der Waals surface area contributed by atoms with Crippen LogP contribution in [0.1, 0.15) is 52.2 Å². The number of carbonyl (C=O) groups is 7. The van der Waals surface area contributed by atoms with Crippen LogP contribution in [-0.4, -0.2) is 130 Å². The van der Waals surface area contributed by atoms with Gasteiger partial charge in [-0.05, 0) is 74.9 Å². The van der Waals surface area contributed by atoms with Crippen LogP contribution in [0.2, 0.25) is 0 Å². The molecule has 18 heteroatoms. The van der Waals surface area contributed by atoms with Crippen molar-refractivity contribution in [3.63, 3.8) is 0 Å². The first-order valence-corrected chi connectivity index (χ1v) is 19.5. The third-order valence-electron chi connectivity index (χ3n) is 10.7. The van der Waals surface area contributed by atoms with E-state index in [-0.39, 0.29) is 31.0 Å². The van der Waals surface area contributed by atoms with Crippen molar-refractivity contribution in [3.8, 4) is 0 Å². The van der Waals surface area contributed by atoms with E-state index in [1.54, 1.807) is 24.3 Å². The molecule has 9 atom stereocenters. The molecule has 3 aliphatic rings. The Hall–Kier alpha value is -5.91. The van der Waals surface area contributed by atoms with Gasteiger partial charge in [-0.2, -0.15) is 0 Å². The van der Waals surface area contributed by atoms with Gasteiger partial charge in [-0.25, -0.2) is 18.4 Å². The lowest BCUT2D eigenvalue weighted by Gasteiger charge is -2.37. The molecule has 59 heavy (non-hydrogen) atoms. The Morgan fingerprint density at radius 2 is 1.61 bits per heavy atom. The van der Waals surface area contributed by atoms with Gasteiger partial charge in [0.1, 0.15) is 54.0 Å². The highest BCUT2D eigenvalue weighted by molar-refractivity contribution is 5.99. The number of likely N-dealkylation sites (N-methyl/N-ethyl adjacent to an activating group) is 1. The van der Waals surface area contributed by atoms with Gasteiger partial charge in [-0.1, -0.05) is 38.1 Å². The summed E-state index contributed by atoms with van der Waals surface area (Å²) < 4.78 is 34.5. The fourth-order valence-electron chi connectivity index (χ4n) is 7.62. The van der Waals surface area contributed by atoms with E-state index in [0.29, 0.717) is 11.8 Å². The largest absolute Gasteiger partial charge is 0.458 e. The van der Waals surface area contributed by atoms with Crippen molar-refractivity contribution in [3.05, 3.63) is 77.4 Å². The van der Waals surface area contributed by atoms with Gasteiger partial charge < -0.3 is 45.8 Å². The Kier molecular flexibility index (Phi) is 14.1. The van der Waals surface area contributed by atoms with E-state index in [4.69, 9.17) is 4.74 Å². The second kappa shape index (κ2) is 18.8. The molecule has 0 unspecified atom stereocenters. The van der Waals surface area contributed by atoms with E-state index < -0.39 is 108 Å². The Balaban J connectivity index is 1.51. The van der Waals surface area contributed by atoms with Crippen molar-refractivity contribution in [2.45, 2.75) is 102 Å². The fourth-order valence-corrected chi connectivity index (χ4v) is 7.62. The average molecular weight is 824 g/mol. The van der Waals surface area contributed by atoms with Crippen LogP contribution in [0.3, 0.4) is 0 Å². The molecular weight excluding hydrogens is 772 g/mol. The molecule has 5 rings (SSSR count). The van der Waals surface area contributed by atoms with E-state index in [9.17, 15) is 47.4 Å². The molecule has 0 bridgehead atoms. The van der Waals surface area contributed by atoms with Crippen LogP contribution in [0, 0.1) is 17.6 Å². The summed E-state index contributed by atoms with van der Waals surface area (Å²) in [4.78, 5) is 101. The van der Waals surface area contributed by atoms with Gasteiger partial charge >= 0.3 is 12.0 Å². The highest BCUT2D eigenvalue weighted by Gasteiger charge is 2.46. The van der Waals surface area contributed by atoms with E-state index in [2.05, 4.69) is 21.3 Å². The van der Waals surface area contributed by atoms with Crippen LogP contribution in [0.15, 0.2) is 54.6 Å². The zero-order valence-corrected chi connectivity index (χ0v) is 33.7. The molecule has 2 aromatic carbocycles. The first-order valence-electron chi connectivity index (χ1n) is 19.5. The van der Waals surface area contributed by atoms with Crippen LogP contribution in [-0.2, 0) is 46.3 Å². The number of aliphatic hydroxyl groups is 1. The maximum absolute atomic E-state index is 14.6. The molecule has 16 nitrogen and oxygen atoms in total. The molecule has 318 valence electrons. The van der Waals surface area contributed by atoms with Gasteiger partial charge in [-0.15, -0.1) is 0 Å². The number of amides is 7. The molecule has 7 amide bonds. The predicted octanol–water partition coefficient (Wildman–Crippen LogP) is 1.41. The van der Waals surface area contributed by atoms with Crippen molar-refractivity contribution >= 4 is 47.2 Å². The highest BCUT2D eigenvalue weighted by Crippen LogP contribution is 2.27. The monoisotopic (exact) mass is 823 g/mol. The molecular formula is C41H51F2N7O9. The number of urea groups is 1. The van der Waals surface area contributed by atoms with Crippen LogP contribution >= 0.6 is 0 Å². The molecule has 3 heterocycles. The molecule has 0 aliphatic carbocycles. The van der Waals surface area contributed by atoms with Crippen molar-refractivity contribution < 1.29 is 52.2 Å². The van der Waals surface area contributed by atoms with Crippen LogP contribution < -0.4 is 21.3 Å². The number of aliphatic hydroxyl groups excluding tert-OH is 1. The van der Waals surface area contributed by atoms with E-state index in [0.717, 1.165) is 33.9 Å². The predicted molar refractivity (Wildman–Crippen MR) is 209 cm³/mol. The number of esters is 1. The second-order valence-corrected chi connectivity index (χ2v) is 15.4. The number of ether oxygens (including phenoxy) is 1. The molecule has 0 radical (unpaired) electrons. The number of carbonyl (C=O) groups excluding carboxylic acids is 7. The van der Waals surface area contributed by atoms with Crippen molar-refractivity contribution in [1.82, 2.24) is 30.7 Å². The quantitative estimate of drug-likeness (QED) is 0.193. The summed E-state index contributed by atoms with van der Waals surface area (Å²) in [5.41, 5.74) is 1.37. The summed E-state index contributed by atoms with van der Waals surface area (Å²) in [5.74, 6) is -7.14. The zero-order chi connectivity index (χ0) is 43.3. The Bertz CT molecular complexity index is 1960. The molecule has 2 saturated heterocycles. The number of nitrogens with one attached hydrogen (secondary N) is 4. The maximum atomic E-state index is 14.6. The number of halogens is 2. The number of anilines is 1. The third kappa shape index (κ3) is 10.4. The summed E-state index contributed by atoms with van der Waals surface area (Å²) in [6.07, 6.45) is 0.513. The normalized spacial score (nSPS) is 26.4. The van der Waals surface area contributed by atoms with Crippen molar-refractivity contribution in [1.29, 1.82) is 0 Å². The minimum atomic E-state index is -1.73. The smallest absolute Gasteiger partial charge is 0.329 e. The average Bonchev–Trinajstić information content (AvgIpc) is 3.82. The van der Waals surface area contributed by atoms with Gasteiger partial charge in [0.15, 0.2) is 0 Å². The summed E-state index contributed by atoms with van der Waals surface area (Å²) in [6.45, 7) is 7.79. The summed E-state index contributed by atoms with van der Waals surface area (Å²) in [6, 6.07) is 0.168. The number of fused-ring (bicyclic) bond motifs is 2. The number of cyclic esters (lactones) is 1. The standard InChI is InChI=1S/C41H51F2N7O9/c1-7-25-10-12-29(13-11-25)45-41(58)46-30(18-26-16-27(42)19-28(43)17-26)35(52)47-33-24(5)59-40(57)32-15-21(2)20-50(32)37(54)22(3)44-36(53)34(23(4)51)48(6)38(55)31-9-8-14-49(31)39(33)56/h8-13,16-17,19,21-24,30-34,51H,7,14-15,18,20H2,1-6H3,(H,44,53)(H,47,52)(H2,45,46,58)/t21-,22+,23+,24+,30+,31+,32+,33+,34+/m1/s1. The Morgan fingerprint density at radius 1 is 0.949 bits per heavy atom. The molecule has 5 N–H and O–H groups in total. The third-order valence-corrected chi connectivity index (χ3v) is 10.7. The van der Waals surface area contributed by atoms with Gasteiger partial charge in [0.05, 0.1) is 6.10 Å². The van der Waals surface area contributed by atoms with Gasteiger partial charge in [0, 0.05) is 38.3 Å². The Morgan fingerprint density at radius 3 is 2.24 bits per heavy atom. The minimum Gasteiger partial charge on any atom is -0.458 e. The van der Waals surface area contributed by atoms with Crippen LogP contribution in [0.25, 0.3) is 0 Å². The Labute approximate surface area is 340 Å². The van der Waals surface area contributed by atoms with Gasteiger partial charge in [0.25, 0.3) is 0 Å². The first-order chi connectivity index (χ1) is 27.9. The zero-order valence-electron chi connectivity index (χ0n) is 33.7. The first kappa shape index (κ1) is 44.2. The molecule has 0 saturated carbocycles. The number of hydrogen-bond donors (Lipinski definition) is 5. The van der Waals surface area contributed by atoms with Crippen LogP contribution in [0.5, 0.6) is 0 Å². The van der Waals surface area contributed by atoms with Crippen LogP contribution in [0.4, 0.5) is 19.3 Å². The fraction of sp³-hybridized carbons (Fsp3) is 0.488. The highest BCUT2D eigenvalue weighted by atomic mass is 19.1. The van der Waals surface area contributed by atoms with Crippen molar-refractivity contribution in [2.24, 2.45) is 5.92 Å². The number of nitrogens with zero attached hydrogens (tertiary/aromatic N) is 3. The van der Waals surface area contributed by atoms with E-state index >= 15 is 0 Å². The second-order valence-electron chi connectivity index (χ2n) is 15.4. The summed E-state index contributed by atoms with van der Waals surface area (Å²) >= 11 is 0. The number of rotatable bonds is 8. The molecule has 3 aliphatic heterocycles. The van der Waals surface area contributed by atoms with Gasteiger partial charge in [-0.3, -0.25) is 24.0 Å². The topological polar surface area (TPSA) is 207 Å². The van der Waals surface area contributed by atoms with Gasteiger partial charge in [0.2, 0.25) is 29.5 Å². The molecule has 0 aromatic heterocycles. The molecule has 2 aromatic rings. The summed E-state index contributed by atoms with van der Waals surface area (Å²) in [7, 11) is 1.26. The lowest BCUT2D eigenvalue weighted by molar-refractivity contribution is -0.163. The number of benzene rings is 2. The molecule has 2 fully saturated rings. The lowest BCUT2D eigenvalue weighted by atomic mass is 10.0. The van der Waals surface area contributed by atoms with E-state index in [1.165, 1.54) is 44.9 Å². The minimum absolute atomic E-state index is 0.0116.